The first kappa shape index (κ1) is 14.4. The van der Waals surface area contributed by atoms with Gasteiger partial charge in [-0.3, -0.25) is 4.68 Å². The fourth-order valence-corrected chi connectivity index (χ4v) is 3.98. The summed E-state index contributed by atoms with van der Waals surface area (Å²) in [6, 6.07) is 1.94. The Kier molecular flexibility index (Phi) is 4.43. The molecule has 4 atom stereocenters. The molecule has 0 aliphatic heterocycles. The molecule has 2 aliphatic rings. The number of aryl methyl sites for hydroxylation is 1. The molecule has 1 aromatic heterocycles. The molecule has 2 saturated carbocycles. The minimum Gasteiger partial charge on any atom is -0.396 e. The average Bonchev–Trinajstić information content (AvgIpc) is 3.20. The lowest BCUT2D eigenvalue weighted by Gasteiger charge is -2.30. The maximum atomic E-state index is 12.0. The third-order valence-electron chi connectivity index (χ3n) is 5.01. The van der Waals surface area contributed by atoms with Gasteiger partial charge in [-0.25, -0.2) is 4.79 Å². The van der Waals surface area contributed by atoms with Crippen LogP contribution in [0, 0.1) is 17.8 Å². The van der Waals surface area contributed by atoms with Crippen LogP contribution in [0.5, 0.6) is 0 Å². The van der Waals surface area contributed by atoms with Crippen LogP contribution in [-0.2, 0) is 6.54 Å². The molecule has 116 valence electrons. The van der Waals surface area contributed by atoms with Crippen molar-refractivity contribution in [1.29, 1.82) is 0 Å². The molecule has 2 bridgehead atoms. The van der Waals surface area contributed by atoms with E-state index in [-0.39, 0.29) is 24.6 Å². The Bertz CT molecular complexity index is 462. The van der Waals surface area contributed by atoms with Crippen molar-refractivity contribution >= 4 is 6.03 Å². The Morgan fingerprint density at radius 3 is 3.00 bits per heavy atom. The summed E-state index contributed by atoms with van der Waals surface area (Å²) in [7, 11) is 0. The highest BCUT2D eigenvalue weighted by atomic mass is 16.3. The van der Waals surface area contributed by atoms with Crippen molar-refractivity contribution < 1.29 is 9.90 Å². The van der Waals surface area contributed by atoms with Crippen LogP contribution in [0.15, 0.2) is 18.5 Å². The van der Waals surface area contributed by atoms with Crippen molar-refractivity contribution in [2.75, 3.05) is 13.2 Å². The van der Waals surface area contributed by atoms with Crippen LogP contribution in [0.3, 0.4) is 0 Å². The second-order valence-electron chi connectivity index (χ2n) is 6.23. The van der Waals surface area contributed by atoms with E-state index in [1.165, 1.54) is 12.8 Å². The van der Waals surface area contributed by atoms with Gasteiger partial charge in [0.1, 0.15) is 0 Å². The number of carbonyl (C=O) groups is 1. The summed E-state index contributed by atoms with van der Waals surface area (Å²) < 4.78 is 1.86. The van der Waals surface area contributed by atoms with Crippen LogP contribution in [-0.4, -0.2) is 40.1 Å². The van der Waals surface area contributed by atoms with Crippen molar-refractivity contribution in [2.45, 2.75) is 38.3 Å². The van der Waals surface area contributed by atoms with E-state index < -0.39 is 0 Å². The Labute approximate surface area is 124 Å². The SMILES string of the molecule is O=C(NCCCn1cccn1)NC1C2CCC(C2)C1CO. The summed E-state index contributed by atoms with van der Waals surface area (Å²) in [5.41, 5.74) is 0. The molecule has 2 amide bonds. The smallest absolute Gasteiger partial charge is 0.315 e. The van der Waals surface area contributed by atoms with Gasteiger partial charge in [0.2, 0.25) is 0 Å². The van der Waals surface area contributed by atoms with Crippen LogP contribution in [0.2, 0.25) is 0 Å². The predicted molar refractivity (Wildman–Crippen MR) is 78.6 cm³/mol. The second-order valence-corrected chi connectivity index (χ2v) is 6.23. The minimum absolute atomic E-state index is 0.105. The summed E-state index contributed by atoms with van der Waals surface area (Å²) in [6.45, 7) is 1.63. The summed E-state index contributed by atoms with van der Waals surface area (Å²) in [5, 5.41) is 19.6. The normalized spacial score (nSPS) is 30.5. The van der Waals surface area contributed by atoms with Gasteiger partial charge >= 0.3 is 6.03 Å². The van der Waals surface area contributed by atoms with Gasteiger partial charge in [-0.2, -0.15) is 5.10 Å². The number of rotatable bonds is 6. The molecule has 21 heavy (non-hydrogen) atoms. The number of amides is 2. The van der Waals surface area contributed by atoms with E-state index in [9.17, 15) is 9.90 Å². The Morgan fingerprint density at radius 1 is 1.38 bits per heavy atom. The number of aromatic nitrogens is 2. The predicted octanol–water partition coefficient (Wildman–Crippen LogP) is 0.979. The zero-order valence-electron chi connectivity index (χ0n) is 12.2. The molecule has 3 rings (SSSR count). The molecule has 1 heterocycles. The zero-order valence-corrected chi connectivity index (χ0v) is 12.2. The zero-order chi connectivity index (χ0) is 14.7. The van der Waals surface area contributed by atoms with E-state index in [1.807, 2.05) is 16.9 Å². The van der Waals surface area contributed by atoms with Gasteiger partial charge in [-0.05, 0) is 43.6 Å². The molecular weight excluding hydrogens is 268 g/mol. The Morgan fingerprint density at radius 2 is 2.24 bits per heavy atom. The van der Waals surface area contributed by atoms with E-state index in [0.29, 0.717) is 18.4 Å². The second kappa shape index (κ2) is 6.47. The van der Waals surface area contributed by atoms with Crippen LogP contribution >= 0.6 is 0 Å². The maximum Gasteiger partial charge on any atom is 0.315 e. The molecule has 0 radical (unpaired) electrons. The number of carbonyl (C=O) groups excluding carboxylic acids is 1. The van der Waals surface area contributed by atoms with Gasteiger partial charge in [0.25, 0.3) is 0 Å². The first-order valence-corrected chi connectivity index (χ1v) is 7.90. The Balaban J connectivity index is 1.38. The molecule has 0 aromatic carbocycles. The summed E-state index contributed by atoms with van der Waals surface area (Å²) in [4.78, 5) is 12.0. The standard InChI is InChI=1S/C15H24N4O2/c20-10-13-11-3-4-12(9-11)14(13)18-15(21)16-5-1-7-19-8-2-6-17-19/h2,6,8,11-14,20H,1,3-5,7,9-10H2,(H2,16,18,21). The molecule has 0 saturated heterocycles. The van der Waals surface area contributed by atoms with E-state index in [2.05, 4.69) is 15.7 Å². The lowest BCUT2D eigenvalue weighted by Crippen LogP contribution is -2.49. The highest BCUT2D eigenvalue weighted by Crippen LogP contribution is 2.48. The first-order valence-electron chi connectivity index (χ1n) is 7.90. The summed E-state index contributed by atoms with van der Waals surface area (Å²) in [5.74, 6) is 1.41. The van der Waals surface area contributed by atoms with E-state index in [4.69, 9.17) is 0 Å². The number of hydrogen-bond acceptors (Lipinski definition) is 3. The van der Waals surface area contributed by atoms with Gasteiger partial charge in [0, 0.05) is 44.0 Å². The number of nitrogens with zero attached hydrogens (tertiary/aromatic N) is 2. The highest BCUT2D eigenvalue weighted by molar-refractivity contribution is 5.74. The monoisotopic (exact) mass is 292 g/mol. The van der Waals surface area contributed by atoms with Gasteiger partial charge < -0.3 is 15.7 Å². The third-order valence-corrected chi connectivity index (χ3v) is 5.01. The molecule has 0 spiro atoms. The summed E-state index contributed by atoms with van der Waals surface area (Å²) >= 11 is 0. The fourth-order valence-electron chi connectivity index (χ4n) is 3.98. The molecule has 4 unspecified atom stereocenters. The first-order chi connectivity index (χ1) is 10.3. The molecule has 6 nitrogen and oxygen atoms in total. The largest absolute Gasteiger partial charge is 0.396 e. The molecule has 3 N–H and O–H groups in total. The van der Waals surface area contributed by atoms with Crippen molar-refractivity contribution in [3.63, 3.8) is 0 Å². The Hall–Kier alpha value is -1.56. The van der Waals surface area contributed by atoms with E-state index in [1.54, 1.807) is 6.20 Å². The average molecular weight is 292 g/mol. The van der Waals surface area contributed by atoms with Crippen molar-refractivity contribution in [2.24, 2.45) is 17.8 Å². The van der Waals surface area contributed by atoms with E-state index in [0.717, 1.165) is 19.4 Å². The van der Waals surface area contributed by atoms with Crippen molar-refractivity contribution in [3.05, 3.63) is 18.5 Å². The number of fused-ring (bicyclic) bond motifs is 2. The number of urea groups is 1. The number of aliphatic hydroxyl groups excluding tert-OH is 1. The lowest BCUT2D eigenvalue weighted by atomic mass is 9.85. The molecule has 1 aromatic rings. The van der Waals surface area contributed by atoms with Crippen LogP contribution < -0.4 is 10.6 Å². The lowest BCUT2D eigenvalue weighted by molar-refractivity contribution is 0.144. The number of aliphatic hydroxyl groups is 1. The van der Waals surface area contributed by atoms with Gasteiger partial charge in [0.05, 0.1) is 0 Å². The van der Waals surface area contributed by atoms with Gasteiger partial charge in [-0.1, -0.05) is 0 Å². The van der Waals surface area contributed by atoms with Crippen molar-refractivity contribution in [3.8, 4) is 0 Å². The van der Waals surface area contributed by atoms with Gasteiger partial charge in [-0.15, -0.1) is 0 Å². The van der Waals surface area contributed by atoms with Crippen molar-refractivity contribution in [1.82, 2.24) is 20.4 Å². The number of nitrogens with one attached hydrogen (secondary N) is 2. The quantitative estimate of drug-likeness (QED) is 0.684. The summed E-state index contributed by atoms with van der Waals surface area (Å²) in [6.07, 6.45) is 8.08. The minimum atomic E-state index is -0.105. The van der Waals surface area contributed by atoms with Gasteiger partial charge in [0.15, 0.2) is 0 Å². The maximum absolute atomic E-state index is 12.0. The third kappa shape index (κ3) is 3.20. The molecule has 6 heteroatoms. The molecule has 2 fully saturated rings. The van der Waals surface area contributed by atoms with Crippen LogP contribution in [0.25, 0.3) is 0 Å². The van der Waals surface area contributed by atoms with E-state index >= 15 is 0 Å². The van der Waals surface area contributed by atoms with Crippen LogP contribution in [0.4, 0.5) is 4.79 Å². The number of hydrogen-bond donors (Lipinski definition) is 3. The molecular formula is C15H24N4O2. The highest BCUT2D eigenvalue weighted by Gasteiger charge is 2.47. The topological polar surface area (TPSA) is 79.2 Å². The van der Waals surface area contributed by atoms with Crippen LogP contribution in [0.1, 0.15) is 25.7 Å². The molecule has 2 aliphatic carbocycles. The fraction of sp³-hybridized carbons (Fsp3) is 0.733.